The van der Waals surface area contributed by atoms with Gasteiger partial charge in [0.15, 0.2) is 0 Å². The molecular formula is C13H21ClN2O. The normalized spacial score (nSPS) is 11.5. The van der Waals surface area contributed by atoms with E-state index < -0.39 is 0 Å². The maximum atomic E-state index is 5.79. The molecule has 1 aromatic heterocycles. The molecule has 1 rings (SSSR count). The van der Waals surface area contributed by atoms with Crippen molar-refractivity contribution in [1.29, 1.82) is 0 Å². The van der Waals surface area contributed by atoms with E-state index in [1.165, 1.54) is 0 Å². The molecule has 96 valence electrons. The van der Waals surface area contributed by atoms with E-state index >= 15 is 0 Å². The summed E-state index contributed by atoms with van der Waals surface area (Å²) in [4.78, 5) is 6.31. The Hall–Kier alpha value is -0.800. The predicted molar refractivity (Wildman–Crippen MR) is 71.7 cm³/mol. The zero-order valence-corrected chi connectivity index (χ0v) is 11.7. The van der Waals surface area contributed by atoms with Crippen LogP contribution in [-0.2, 0) is 0 Å². The van der Waals surface area contributed by atoms with Crippen molar-refractivity contribution in [2.24, 2.45) is 0 Å². The van der Waals surface area contributed by atoms with Gasteiger partial charge < -0.3 is 4.74 Å². The molecular weight excluding hydrogens is 236 g/mol. The number of halogens is 1. The molecule has 3 nitrogen and oxygen atoms in total. The van der Waals surface area contributed by atoms with Crippen molar-refractivity contribution in [3.63, 3.8) is 0 Å². The smallest absolute Gasteiger partial charge is 0.132 e. The third-order valence-corrected chi connectivity index (χ3v) is 2.85. The number of rotatable bonds is 6. The fourth-order valence-electron chi connectivity index (χ4n) is 1.86. The van der Waals surface area contributed by atoms with Crippen LogP contribution in [0.1, 0.15) is 27.7 Å². The fraction of sp³-hybridized carbons (Fsp3) is 0.615. The SMILES string of the molecule is CC(C)N(CCOc1ccnc(Cl)c1)C(C)C. The van der Waals surface area contributed by atoms with E-state index in [0.29, 0.717) is 23.8 Å². The second-order valence-electron chi connectivity index (χ2n) is 4.59. The number of pyridine rings is 1. The maximum absolute atomic E-state index is 5.79. The standard InChI is InChI=1S/C13H21ClN2O/c1-10(2)16(11(3)4)7-8-17-12-5-6-15-13(14)9-12/h5-6,9-11H,7-8H2,1-4H3. The molecule has 0 amide bonds. The molecule has 0 aliphatic carbocycles. The zero-order chi connectivity index (χ0) is 12.8. The van der Waals surface area contributed by atoms with E-state index in [9.17, 15) is 0 Å². The molecule has 0 radical (unpaired) electrons. The van der Waals surface area contributed by atoms with Gasteiger partial charge in [0.1, 0.15) is 17.5 Å². The van der Waals surface area contributed by atoms with Crippen LogP contribution in [0.15, 0.2) is 18.3 Å². The summed E-state index contributed by atoms with van der Waals surface area (Å²) in [5.41, 5.74) is 0. The van der Waals surface area contributed by atoms with E-state index in [0.717, 1.165) is 12.3 Å². The lowest BCUT2D eigenvalue weighted by molar-refractivity contribution is 0.142. The summed E-state index contributed by atoms with van der Waals surface area (Å²) in [6.45, 7) is 10.4. The highest BCUT2D eigenvalue weighted by atomic mass is 35.5. The lowest BCUT2D eigenvalue weighted by Gasteiger charge is -2.30. The molecule has 0 aliphatic heterocycles. The Morgan fingerprint density at radius 1 is 1.29 bits per heavy atom. The number of ether oxygens (including phenoxy) is 1. The molecule has 0 saturated carbocycles. The van der Waals surface area contributed by atoms with Crippen LogP contribution in [-0.4, -0.2) is 35.1 Å². The van der Waals surface area contributed by atoms with Crippen molar-refractivity contribution < 1.29 is 4.74 Å². The third kappa shape index (κ3) is 4.92. The summed E-state index contributed by atoms with van der Waals surface area (Å²) < 4.78 is 5.65. The molecule has 0 unspecified atom stereocenters. The second-order valence-corrected chi connectivity index (χ2v) is 4.98. The van der Waals surface area contributed by atoms with Crippen molar-refractivity contribution >= 4 is 11.6 Å². The molecule has 0 aliphatic rings. The molecule has 0 saturated heterocycles. The van der Waals surface area contributed by atoms with Gasteiger partial charge in [-0.15, -0.1) is 0 Å². The van der Waals surface area contributed by atoms with Gasteiger partial charge in [0.2, 0.25) is 0 Å². The van der Waals surface area contributed by atoms with E-state index in [4.69, 9.17) is 16.3 Å². The van der Waals surface area contributed by atoms with Gasteiger partial charge in [-0.3, -0.25) is 4.90 Å². The molecule has 0 bridgehead atoms. The van der Waals surface area contributed by atoms with Crippen LogP contribution in [0, 0.1) is 0 Å². The van der Waals surface area contributed by atoms with Gasteiger partial charge in [0, 0.05) is 30.9 Å². The Balaban J connectivity index is 2.41. The van der Waals surface area contributed by atoms with Crippen LogP contribution in [0.25, 0.3) is 0 Å². The number of hydrogen-bond donors (Lipinski definition) is 0. The predicted octanol–water partition coefficient (Wildman–Crippen LogP) is 3.23. The summed E-state index contributed by atoms with van der Waals surface area (Å²) >= 11 is 5.79. The van der Waals surface area contributed by atoms with Crippen LogP contribution in [0.3, 0.4) is 0 Å². The van der Waals surface area contributed by atoms with Crippen LogP contribution in [0.5, 0.6) is 5.75 Å². The highest BCUT2D eigenvalue weighted by molar-refractivity contribution is 6.29. The average Bonchev–Trinajstić information content (AvgIpc) is 2.23. The van der Waals surface area contributed by atoms with Crippen molar-refractivity contribution in [2.75, 3.05) is 13.2 Å². The first-order valence-electron chi connectivity index (χ1n) is 6.00. The first-order chi connectivity index (χ1) is 8.00. The van der Waals surface area contributed by atoms with E-state index in [1.807, 2.05) is 6.07 Å². The molecule has 0 aromatic carbocycles. The highest BCUT2D eigenvalue weighted by Gasteiger charge is 2.12. The molecule has 4 heteroatoms. The topological polar surface area (TPSA) is 25.4 Å². The summed E-state index contributed by atoms with van der Waals surface area (Å²) in [5.74, 6) is 0.775. The molecule has 1 aromatic rings. The first kappa shape index (κ1) is 14.3. The molecule has 0 spiro atoms. The minimum atomic E-state index is 0.465. The van der Waals surface area contributed by atoms with Gasteiger partial charge in [0.25, 0.3) is 0 Å². The lowest BCUT2D eigenvalue weighted by atomic mass is 10.2. The zero-order valence-electron chi connectivity index (χ0n) is 11.0. The van der Waals surface area contributed by atoms with Crippen LogP contribution in [0.2, 0.25) is 5.15 Å². The fourth-order valence-corrected chi connectivity index (χ4v) is 2.02. The Kier molecular flexibility index (Phi) is 5.72. The van der Waals surface area contributed by atoms with Crippen LogP contribution < -0.4 is 4.74 Å². The highest BCUT2D eigenvalue weighted by Crippen LogP contribution is 2.14. The van der Waals surface area contributed by atoms with Gasteiger partial charge >= 0.3 is 0 Å². The van der Waals surface area contributed by atoms with Gasteiger partial charge in [0.05, 0.1) is 0 Å². The number of aromatic nitrogens is 1. The average molecular weight is 257 g/mol. The van der Waals surface area contributed by atoms with E-state index in [-0.39, 0.29) is 0 Å². The Labute approximate surface area is 109 Å². The summed E-state index contributed by atoms with van der Waals surface area (Å²) in [6, 6.07) is 4.61. The Morgan fingerprint density at radius 2 is 1.94 bits per heavy atom. The second kappa shape index (κ2) is 6.82. The quantitative estimate of drug-likeness (QED) is 0.731. The summed E-state index contributed by atoms with van der Waals surface area (Å²) in [6.07, 6.45) is 1.65. The largest absolute Gasteiger partial charge is 0.492 e. The van der Waals surface area contributed by atoms with Crippen LogP contribution in [0.4, 0.5) is 0 Å². The molecule has 0 atom stereocenters. The van der Waals surface area contributed by atoms with Gasteiger partial charge in [-0.2, -0.15) is 0 Å². The minimum absolute atomic E-state index is 0.465. The Morgan fingerprint density at radius 3 is 2.47 bits per heavy atom. The molecule has 17 heavy (non-hydrogen) atoms. The summed E-state index contributed by atoms with van der Waals surface area (Å²) in [5, 5.41) is 0.465. The van der Waals surface area contributed by atoms with Crippen molar-refractivity contribution in [2.45, 2.75) is 39.8 Å². The van der Waals surface area contributed by atoms with Gasteiger partial charge in [-0.1, -0.05) is 11.6 Å². The number of hydrogen-bond acceptors (Lipinski definition) is 3. The first-order valence-corrected chi connectivity index (χ1v) is 6.38. The molecule has 0 N–H and O–H groups in total. The van der Waals surface area contributed by atoms with Crippen molar-refractivity contribution in [3.05, 3.63) is 23.5 Å². The Bertz CT molecular complexity index is 334. The molecule has 0 fully saturated rings. The molecule has 1 heterocycles. The monoisotopic (exact) mass is 256 g/mol. The van der Waals surface area contributed by atoms with Crippen LogP contribution >= 0.6 is 11.6 Å². The van der Waals surface area contributed by atoms with Gasteiger partial charge in [-0.05, 0) is 33.8 Å². The van der Waals surface area contributed by atoms with E-state index in [1.54, 1.807) is 12.3 Å². The third-order valence-electron chi connectivity index (χ3n) is 2.64. The van der Waals surface area contributed by atoms with Gasteiger partial charge in [-0.25, -0.2) is 4.98 Å². The number of nitrogens with zero attached hydrogens (tertiary/aromatic N) is 2. The maximum Gasteiger partial charge on any atom is 0.132 e. The minimum Gasteiger partial charge on any atom is -0.492 e. The van der Waals surface area contributed by atoms with Crippen molar-refractivity contribution in [3.8, 4) is 5.75 Å². The van der Waals surface area contributed by atoms with E-state index in [2.05, 4.69) is 37.6 Å². The lowest BCUT2D eigenvalue weighted by Crippen LogP contribution is -2.39. The summed E-state index contributed by atoms with van der Waals surface area (Å²) in [7, 11) is 0. The van der Waals surface area contributed by atoms with Crippen molar-refractivity contribution in [1.82, 2.24) is 9.88 Å².